The van der Waals surface area contributed by atoms with Gasteiger partial charge in [-0.05, 0) is 56.3 Å². The summed E-state index contributed by atoms with van der Waals surface area (Å²) in [5.74, 6) is 0.224. The Morgan fingerprint density at radius 1 is 1.00 bits per heavy atom. The molecular weight excluding hydrogens is 470 g/mol. The maximum absolute atomic E-state index is 12.9. The second-order valence-corrected chi connectivity index (χ2v) is 11.5. The molecule has 0 spiro atoms. The van der Waals surface area contributed by atoms with Gasteiger partial charge in [0.1, 0.15) is 11.5 Å². The molecule has 0 aromatic heterocycles. The smallest absolute Gasteiger partial charge is 0.460 e. The first kappa shape index (κ1) is 22.9. The summed E-state index contributed by atoms with van der Waals surface area (Å²) in [4.78, 5) is 0. The van der Waals surface area contributed by atoms with Crippen LogP contribution in [-0.4, -0.2) is 23.4 Å². The highest BCUT2D eigenvalue weighted by Gasteiger charge is 2.31. The average Bonchev–Trinajstić information content (AvgIpc) is 2.72. The third-order valence-electron chi connectivity index (χ3n) is 3.52. The lowest BCUT2D eigenvalue weighted by Crippen LogP contribution is -2.10. The van der Waals surface area contributed by atoms with Gasteiger partial charge in [0.05, 0.1) is 18.5 Å². The fraction of sp³-hybridized carbons (Fsp3) is 0.250. The molecule has 3 rings (SSSR count). The topological polar surface area (TPSA) is 132 Å². The predicted molar refractivity (Wildman–Crippen MR) is 116 cm³/mol. The first-order chi connectivity index (χ1) is 14.4. The highest BCUT2D eigenvalue weighted by molar-refractivity contribution is 7.65. The summed E-state index contributed by atoms with van der Waals surface area (Å²) in [6.07, 6.45) is 0. The van der Waals surface area contributed by atoms with E-state index in [1.54, 1.807) is 26.0 Å². The molecule has 1 aliphatic heterocycles. The van der Waals surface area contributed by atoms with Gasteiger partial charge in [-0.3, -0.25) is 4.57 Å². The van der Waals surface area contributed by atoms with Crippen molar-refractivity contribution in [2.45, 2.75) is 13.8 Å². The Hall–Kier alpha value is -1.78. The summed E-state index contributed by atoms with van der Waals surface area (Å²) in [5, 5.41) is 20.1. The number of hydrogen-bond donors (Lipinski definition) is 2. The molecule has 0 saturated heterocycles. The summed E-state index contributed by atoms with van der Waals surface area (Å²) in [6.45, 7) is 3.77. The van der Waals surface area contributed by atoms with E-state index in [1.807, 2.05) is 0 Å². The zero-order valence-electron chi connectivity index (χ0n) is 16.0. The van der Waals surface area contributed by atoms with E-state index >= 15 is 0 Å². The van der Waals surface area contributed by atoms with E-state index in [2.05, 4.69) is 13.5 Å². The van der Waals surface area contributed by atoms with E-state index in [1.165, 1.54) is 30.3 Å². The molecule has 160 valence electrons. The van der Waals surface area contributed by atoms with Crippen LogP contribution in [-0.2, 0) is 13.6 Å². The Morgan fingerprint density at radius 2 is 1.70 bits per heavy atom. The van der Waals surface area contributed by atoms with Crippen molar-refractivity contribution >= 4 is 37.6 Å². The van der Waals surface area contributed by atoms with Crippen LogP contribution in [0.3, 0.4) is 0 Å². The van der Waals surface area contributed by atoms with Crippen molar-refractivity contribution in [3.8, 4) is 23.0 Å². The minimum Gasteiger partial charge on any atom is -0.508 e. The Kier molecular flexibility index (Phi) is 7.65. The summed E-state index contributed by atoms with van der Waals surface area (Å²) in [7, 11) is -6.00. The molecule has 1 unspecified atom stereocenters. The Bertz CT molecular complexity index is 1050. The quantitative estimate of drug-likeness (QED) is 0.385. The molecule has 10 nitrogen and oxygen atoms in total. The lowest BCUT2D eigenvalue weighted by atomic mass is 10.3. The van der Waals surface area contributed by atoms with Crippen LogP contribution < -0.4 is 14.4 Å². The zero-order chi connectivity index (χ0) is 21.6. The van der Waals surface area contributed by atoms with Gasteiger partial charge in [-0.15, -0.1) is 9.03 Å². The molecule has 0 aliphatic carbocycles. The first-order valence-corrected chi connectivity index (χ1v) is 13.4. The van der Waals surface area contributed by atoms with Gasteiger partial charge in [0.2, 0.25) is 0 Å². The molecule has 0 bridgehead atoms. The van der Waals surface area contributed by atoms with Crippen LogP contribution >= 0.6 is 32.3 Å². The molecule has 0 amide bonds. The van der Waals surface area contributed by atoms with Gasteiger partial charge in [-0.1, -0.05) is 0 Å². The third kappa shape index (κ3) is 5.47. The van der Waals surface area contributed by atoms with Crippen molar-refractivity contribution in [1.82, 2.24) is 0 Å². The fourth-order valence-corrected chi connectivity index (χ4v) is 7.68. The van der Waals surface area contributed by atoms with Gasteiger partial charge in [0.25, 0.3) is 0 Å². The van der Waals surface area contributed by atoms with Crippen LogP contribution in [0.5, 0.6) is 23.0 Å². The average molecular weight is 489 g/mol. The second kappa shape index (κ2) is 10.0. The first-order valence-electron chi connectivity index (χ1n) is 8.74. The summed E-state index contributed by atoms with van der Waals surface area (Å²) in [5.41, 5.74) is 0. The van der Waals surface area contributed by atoms with Gasteiger partial charge in [0.15, 0.2) is 28.5 Å². The lowest BCUT2D eigenvalue weighted by molar-refractivity contribution is 0.230. The highest BCUT2D eigenvalue weighted by atomic mass is 31.2. The lowest BCUT2D eigenvalue weighted by Gasteiger charge is -2.22. The molecule has 1 atom stereocenters. The number of phenols is 2. The minimum absolute atomic E-state index is 0.0465. The molecule has 2 N–H and O–H groups in total. The van der Waals surface area contributed by atoms with Gasteiger partial charge in [-0.25, -0.2) is 0 Å². The summed E-state index contributed by atoms with van der Waals surface area (Å²) in [6, 6.07) is 10.2. The van der Waals surface area contributed by atoms with Gasteiger partial charge >= 0.3 is 15.3 Å². The minimum atomic E-state index is -3.56. The standard InChI is InChI=1S/C16H19N3O7P4/c1-3-23-29(22,24-4-2)14-9-10-16(15(21)11-14)26-30(18-27-17-28-19-30)25-13-7-5-12(20)6-8-13/h5-11,20-21H,3-4H2,1-2H3. The van der Waals surface area contributed by atoms with Crippen molar-refractivity contribution in [2.24, 2.45) is 13.5 Å². The number of aromatic hydroxyl groups is 2. The van der Waals surface area contributed by atoms with E-state index < -0.39 is 15.3 Å². The van der Waals surface area contributed by atoms with Crippen LogP contribution in [0.15, 0.2) is 56.0 Å². The summed E-state index contributed by atoms with van der Waals surface area (Å²) >= 11 is 0. The number of benzene rings is 2. The maximum Gasteiger partial charge on any atom is 0.460 e. The normalized spacial score (nSPS) is 19.1. The maximum atomic E-state index is 12.9. The zero-order valence-corrected chi connectivity index (χ0v) is 19.6. The van der Waals surface area contributed by atoms with Gasteiger partial charge < -0.3 is 28.3 Å². The third-order valence-corrected chi connectivity index (χ3v) is 9.60. The molecule has 2 aromatic rings. The van der Waals surface area contributed by atoms with Crippen LogP contribution in [0.2, 0.25) is 0 Å². The Labute approximate surface area is 176 Å². The molecule has 2 aromatic carbocycles. The number of nitrogens with zero attached hydrogens (tertiary/aromatic N) is 3. The van der Waals surface area contributed by atoms with Crippen molar-refractivity contribution < 1.29 is 32.9 Å². The van der Waals surface area contributed by atoms with Crippen molar-refractivity contribution in [3.05, 3.63) is 42.5 Å². The fourth-order valence-electron chi connectivity index (χ4n) is 2.32. The van der Waals surface area contributed by atoms with E-state index in [0.717, 1.165) is 0 Å². The number of rotatable bonds is 9. The molecule has 0 saturated carbocycles. The predicted octanol–water partition coefficient (Wildman–Crippen LogP) is 6.50. The number of phenolic OH excluding ortho intramolecular Hbond substituents is 2. The monoisotopic (exact) mass is 489 g/mol. The second-order valence-electron chi connectivity index (χ2n) is 5.60. The van der Waals surface area contributed by atoms with E-state index in [0.29, 0.717) is 22.8 Å². The van der Waals surface area contributed by atoms with E-state index in [9.17, 15) is 14.8 Å². The van der Waals surface area contributed by atoms with E-state index in [-0.39, 0.29) is 35.8 Å². The molecule has 0 fully saturated rings. The van der Waals surface area contributed by atoms with Gasteiger partial charge in [-0.2, -0.15) is 4.52 Å². The molecule has 30 heavy (non-hydrogen) atoms. The Balaban J connectivity index is 1.91. The number of hydrogen-bond acceptors (Lipinski definition) is 10. The highest BCUT2D eigenvalue weighted by Crippen LogP contribution is 2.60. The molecule has 14 heteroatoms. The largest absolute Gasteiger partial charge is 0.508 e. The van der Waals surface area contributed by atoms with Crippen molar-refractivity contribution in [1.29, 1.82) is 0 Å². The Morgan fingerprint density at radius 3 is 2.27 bits per heavy atom. The molecule has 0 radical (unpaired) electrons. The molecule has 1 aliphatic rings. The van der Waals surface area contributed by atoms with Crippen LogP contribution in [0.25, 0.3) is 0 Å². The van der Waals surface area contributed by atoms with Crippen LogP contribution in [0.1, 0.15) is 13.8 Å². The molecule has 1 heterocycles. The van der Waals surface area contributed by atoms with Gasteiger partial charge in [0, 0.05) is 0 Å². The van der Waals surface area contributed by atoms with Crippen LogP contribution in [0.4, 0.5) is 0 Å². The van der Waals surface area contributed by atoms with Crippen LogP contribution in [0, 0.1) is 0 Å². The van der Waals surface area contributed by atoms with Crippen molar-refractivity contribution in [2.75, 3.05) is 13.2 Å². The SMILES string of the molecule is CCOP(=O)(OCC)c1ccc(OP2(Oc3ccc(O)cc3)=NP=NP=N2)c(O)c1. The van der Waals surface area contributed by atoms with Crippen molar-refractivity contribution in [3.63, 3.8) is 0 Å². The molecular formula is C16H19N3O7P4. The van der Waals surface area contributed by atoms with E-state index in [4.69, 9.17) is 18.1 Å². The summed E-state index contributed by atoms with van der Waals surface area (Å²) < 4.78 is 47.8.